The maximum atomic E-state index is 11.6. The minimum Gasteiger partial charge on any atom is -0.313 e. The summed E-state index contributed by atoms with van der Waals surface area (Å²) in [4.78, 5) is 0. The first-order valence-corrected chi connectivity index (χ1v) is 5.99. The van der Waals surface area contributed by atoms with Crippen molar-refractivity contribution in [1.82, 2.24) is 14.3 Å². The minimum absolute atomic E-state index is 0.135. The molecule has 0 bridgehead atoms. The smallest absolute Gasteiger partial charge is 0.279 e. The molecule has 0 amide bonds. The van der Waals surface area contributed by atoms with Gasteiger partial charge in [-0.05, 0) is 12.8 Å². The van der Waals surface area contributed by atoms with Crippen LogP contribution in [0.3, 0.4) is 0 Å². The van der Waals surface area contributed by atoms with Crippen LogP contribution in [-0.2, 0) is 10.2 Å². The van der Waals surface area contributed by atoms with E-state index in [1.165, 1.54) is 4.31 Å². The van der Waals surface area contributed by atoms with E-state index in [9.17, 15) is 8.42 Å². The largest absolute Gasteiger partial charge is 0.313 e. The molecular formula is C7H15N3O2S. The van der Waals surface area contributed by atoms with Crippen molar-refractivity contribution in [3.8, 4) is 0 Å². The van der Waals surface area contributed by atoms with Gasteiger partial charge >= 0.3 is 0 Å². The van der Waals surface area contributed by atoms with Crippen LogP contribution in [0.2, 0.25) is 0 Å². The van der Waals surface area contributed by atoms with Crippen molar-refractivity contribution < 1.29 is 8.42 Å². The molecule has 1 heterocycles. The molecule has 1 aliphatic heterocycles. The second-order valence-electron chi connectivity index (χ2n) is 3.73. The summed E-state index contributed by atoms with van der Waals surface area (Å²) in [7, 11) is -1.58. The van der Waals surface area contributed by atoms with Crippen LogP contribution in [0, 0.1) is 0 Å². The van der Waals surface area contributed by atoms with Crippen LogP contribution >= 0.6 is 0 Å². The second-order valence-corrected chi connectivity index (χ2v) is 5.49. The van der Waals surface area contributed by atoms with Gasteiger partial charge in [-0.1, -0.05) is 0 Å². The number of hydrogen-bond donors (Lipinski definition) is 2. The van der Waals surface area contributed by atoms with Crippen LogP contribution in [0.1, 0.15) is 12.8 Å². The van der Waals surface area contributed by atoms with Crippen LogP contribution in [0.25, 0.3) is 0 Å². The molecule has 5 nitrogen and oxygen atoms in total. The number of hydrogen-bond acceptors (Lipinski definition) is 3. The third-order valence-corrected chi connectivity index (χ3v) is 4.23. The molecule has 13 heavy (non-hydrogen) atoms. The van der Waals surface area contributed by atoms with E-state index in [2.05, 4.69) is 10.0 Å². The highest BCUT2D eigenvalue weighted by molar-refractivity contribution is 7.87. The van der Waals surface area contributed by atoms with Crippen LogP contribution in [0.4, 0.5) is 0 Å². The summed E-state index contributed by atoms with van der Waals surface area (Å²) >= 11 is 0. The van der Waals surface area contributed by atoms with Crippen molar-refractivity contribution >= 4 is 10.2 Å². The zero-order chi connectivity index (χ0) is 9.47. The molecule has 2 aliphatic rings. The van der Waals surface area contributed by atoms with Gasteiger partial charge in [-0.3, -0.25) is 0 Å². The molecule has 0 atom stereocenters. The summed E-state index contributed by atoms with van der Waals surface area (Å²) in [5.41, 5.74) is 0. The lowest BCUT2D eigenvalue weighted by atomic mass is 10.2. The van der Waals surface area contributed by atoms with E-state index in [1.807, 2.05) is 0 Å². The van der Waals surface area contributed by atoms with Gasteiger partial charge in [0, 0.05) is 26.2 Å². The van der Waals surface area contributed by atoms with E-state index >= 15 is 0 Å². The molecular weight excluding hydrogens is 190 g/mol. The highest BCUT2D eigenvalue weighted by atomic mass is 32.2. The van der Waals surface area contributed by atoms with E-state index in [-0.39, 0.29) is 12.1 Å². The van der Waals surface area contributed by atoms with Gasteiger partial charge in [0.2, 0.25) is 0 Å². The monoisotopic (exact) mass is 205 g/mol. The van der Waals surface area contributed by atoms with Gasteiger partial charge < -0.3 is 5.32 Å². The first kappa shape index (κ1) is 9.39. The Balaban J connectivity index is 1.95. The second kappa shape index (κ2) is 3.20. The van der Waals surface area contributed by atoms with Crippen molar-refractivity contribution in [3.05, 3.63) is 0 Å². The van der Waals surface area contributed by atoms with E-state index in [0.29, 0.717) is 0 Å². The Bertz CT molecular complexity index is 282. The van der Waals surface area contributed by atoms with Crippen molar-refractivity contribution in [2.24, 2.45) is 0 Å². The lowest BCUT2D eigenvalue weighted by Gasteiger charge is -2.34. The minimum atomic E-state index is -3.21. The predicted molar refractivity (Wildman–Crippen MR) is 49.5 cm³/mol. The van der Waals surface area contributed by atoms with Gasteiger partial charge in [0.15, 0.2) is 0 Å². The van der Waals surface area contributed by atoms with Gasteiger partial charge in [-0.2, -0.15) is 17.4 Å². The van der Waals surface area contributed by atoms with Crippen LogP contribution in [0.15, 0.2) is 0 Å². The number of rotatable bonds is 4. The van der Waals surface area contributed by atoms with Gasteiger partial charge in [0.1, 0.15) is 0 Å². The SMILES string of the molecule is CN(C1CNC1)S(=O)(=O)NC1CC1. The summed E-state index contributed by atoms with van der Waals surface area (Å²) in [5.74, 6) is 0. The van der Waals surface area contributed by atoms with E-state index < -0.39 is 10.2 Å². The molecule has 6 heteroatoms. The lowest BCUT2D eigenvalue weighted by Crippen LogP contribution is -2.59. The Kier molecular flexibility index (Phi) is 2.31. The third-order valence-electron chi connectivity index (χ3n) is 2.55. The Hall–Kier alpha value is -0.170. The molecule has 0 aromatic carbocycles. The highest BCUT2D eigenvalue weighted by Crippen LogP contribution is 2.21. The zero-order valence-corrected chi connectivity index (χ0v) is 8.47. The molecule has 2 rings (SSSR count). The Morgan fingerprint density at radius 3 is 2.38 bits per heavy atom. The average Bonchev–Trinajstić information content (AvgIpc) is 2.66. The summed E-state index contributed by atoms with van der Waals surface area (Å²) in [6.45, 7) is 1.53. The topological polar surface area (TPSA) is 61.4 Å². The molecule has 0 aromatic heterocycles. The fourth-order valence-electron chi connectivity index (χ4n) is 1.22. The molecule has 2 fully saturated rings. The quantitative estimate of drug-likeness (QED) is 0.611. The van der Waals surface area contributed by atoms with Crippen molar-refractivity contribution in [2.45, 2.75) is 24.9 Å². The van der Waals surface area contributed by atoms with Crippen LogP contribution < -0.4 is 10.0 Å². The molecule has 0 unspecified atom stereocenters. The van der Waals surface area contributed by atoms with E-state index in [1.54, 1.807) is 7.05 Å². The van der Waals surface area contributed by atoms with E-state index in [0.717, 1.165) is 25.9 Å². The van der Waals surface area contributed by atoms with Crippen LogP contribution in [-0.4, -0.2) is 44.9 Å². The molecule has 76 valence electrons. The molecule has 0 spiro atoms. The summed E-state index contributed by atoms with van der Waals surface area (Å²) in [5, 5.41) is 3.05. The summed E-state index contributed by atoms with van der Waals surface area (Å²) < 4.78 is 27.3. The Morgan fingerprint density at radius 2 is 2.00 bits per heavy atom. The first-order valence-electron chi connectivity index (χ1n) is 4.55. The third kappa shape index (κ3) is 2.01. The molecule has 0 radical (unpaired) electrons. The molecule has 2 N–H and O–H groups in total. The van der Waals surface area contributed by atoms with Crippen molar-refractivity contribution in [3.63, 3.8) is 0 Å². The number of nitrogens with one attached hydrogen (secondary N) is 2. The van der Waals surface area contributed by atoms with Gasteiger partial charge in [-0.15, -0.1) is 0 Å². The van der Waals surface area contributed by atoms with Crippen molar-refractivity contribution in [2.75, 3.05) is 20.1 Å². The maximum Gasteiger partial charge on any atom is 0.279 e. The average molecular weight is 205 g/mol. The first-order chi connectivity index (χ1) is 6.09. The standard InChI is InChI=1S/C7H15N3O2S/c1-10(7-4-8-5-7)13(11,12)9-6-2-3-6/h6-9H,2-5H2,1H3. The number of likely N-dealkylation sites (N-methyl/N-ethyl adjacent to an activating group) is 1. The zero-order valence-electron chi connectivity index (χ0n) is 7.66. The molecule has 0 aromatic rings. The summed E-state index contributed by atoms with van der Waals surface area (Å²) in [6, 6.07) is 0.330. The highest BCUT2D eigenvalue weighted by Gasteiger charge is 2.34. The van der Waals surface area contributed by atoms with Crippen LogP contribution in [0.5, 0.6) is 0 Å². The normalized spacial score (nSPS) is 24.8. The molecule has 1 aliphatic carbocycles. The Labute approximate surface area is 78.7 Å². The lowest BCUT2D eigenvalue weighted by molar-refractivity contribution is 0.271. The number of nitrogens with zero attached hydrogens (tertiary/aromatic N) is 1. The predicted octanol–water partition coefficient (Wildman–Crippen LogP) is -1.11. The Morgan fingerprint density at radius 1 is 1.38 bits per heavy atom. The molecule has 1 saturated heterocycles. The van der Waals surface area contributed by atoms with Gasteiger partial charge in [-0.25, -0.2) is 0 Å². The summed E-state index contributed by atoms with van der Waals surface area (Å²) in [6.07, 6.45) is 1.96. The van der Waals surface area contributed by atoms with Gasteiger partial charge in [0.25, 0.3) is 10.2 Å². The van der Waals surface area contributed by atoms with E-state index in [4.69, 9.17) is 0 Å². The van der Waals surface area contributed by atoms with Crippen molar-refractivity contribution in [1.29, 1.82) is 0 Å². The molecule has 1 saturated carbocycles. The fourth-order valence-corrected chi connectivity index (χ4v) is 2.59. The van der Waals surface area contributed by atoms with Gasteiger partial charge in [0.05, 0.1) is 6.04 Å². The maximum absolute atomic E-state index is 11.6. The fraction of sp³-hybridized carbons (Fsp3) is 1.00.